The van der Waals surface area contributed by atoms with Crippen LogP contribution < -0.4 is 5.32 Å². The van der Waals surface area contributed by atoms with Crippen molar-refractivity contribution in [1.29, 1.82) is 0 Å². The molecule has 0 radical (unpaired) electrons. The number of alkyl halides is 1. The van der Waals surface area contributed by atoms with Gasteiger partial charge in [-0.25, -0.2) is 0 Å². The molecule has 4 bridgehead atoms. The average Bonchev–Trinajstić information content (AvgIpc) is 2.74. The number of nitrogens with one attached hydrogen (secondary N) is 1. The summed E-state index contributed by atoms with van der Waals surface area (Å²) in [6.07, 6.45) is 9.53. The molecule has 6 rings (SSSR count). The Hall–Kier alpha value is -1.36. The van der Waals surface area contributed by atoms with Gasteiger partial charge in [0.05, 0.1) is 11.3 Å². The molecular formula is C26H35BrN2O2. The first-order valence-corrected chi connectivity index (χ1v) is 13.0. The Morgan fingerprint density at radius 1 is 1.10 bits per heavy atom. The van der Waals surface area contributed by atoms with Crippen LogP contribution in [0.5, 0.6) is 0 Å². The molecule has 1 aliphatic heterocycles. The highest BCUT2D eigenvalue weighted by atomic mass is 79.9. The van der Waals surface area contributed by atoms with Crippen molar-refractivity contribution in [2.24, 2.45) is 17.3 Å². The molecular weight excluding hydrogens is 452 g/mol. The number of nitrogens with zero attached hydrogens (tertiary/aromatic N) is 1. The molecule has 168 valence electrons. The largest absolute Gasteiger partial charge is 0.353 e. The topological polar surface area (TPSA) is 49.4 Å². The van der Waals surface area contributed by atoms with Gasteiger partial charge in [0.2, 0.25) is 11.8 Å². The second kappa shape index (κ2) is 8.20. The van der Waals surface area contributed by atoms with Crippen LogP contribution in [0.4, 0.5) is 0 Å². The van der Waals surface area contributed by atoms with Crippen LogP contribution in [0.2, 0.25) is 0 Å². The molecule has 0 aromatic heterocycles. The van der Waals surface area contributed by atoms with Crippen LogP contribution in [0.3, 0.4) is 0 Å². The third kappa shape index (κ3) is 4.07. The number of rotatable bonds is 5. The molecule has 5 heteroatoms. The van der Waals surface area contributed by atoms with Crippen molar-refractivity contribution < 1.29 is 9.59 Å². The van der Waals surface area contributed by atoms with Crippen LogP contribution in [-0.4, -0.2) is 40.2 Å². The smallest absolute Gasteiger partial charge is 0.230 e. The van der Waals surface area contributed by atoms with E-state index in [-0.39, 0.29) is 27.6 Å². The number of piperidine rings is 1. The van der Waals surface area contributed by atoms with Crippen LogP contribution >= 0.6 is 15.9 Å². The van der Waals surface area contributed by atoms with E-state index in [1.165, 1.54) is 19.3 Å². The maximum atomic E-state index is 13.4. The molecule has 5 aliphatic rings. The summed E-state index contributed by atoms with van der Waals surface area (Å²) in [6.45, 7) is 3.58. The third-order valence-electron chi connectivity index (χ3n) is 8.52. The van der Waals surface area contributed by atoms with Crippen molar-refractivity contribution in [3.8, 4) is 0 Å². The Morgan fingerprint density at radius 3 is 2.32 bits per heavy atom. The number of benzene rings is 1. The SMILES string of the molecule is CCC(C(=O)N1CCC(NC(=O)C23CC4CC(CC(Br)(C4)C2)C3)CC1)c1ccccc1. The summed E-state index contributed by atoms with van der Waals surface area (Å²) in [5, 5.41) is 3.43. The van der Waals surface area contributed by atoms with Gasteiger partial charge in [-0.05, 0) is 75.2 Å². The predicted molar refractivity (Wildman–Crippen MR) is 126 cm³/mol. The van der Waals surface area contributed by atoms with Gasteiger partial charge in [-0.1, -0.05) is 53.2 Å². The summed E-state index contributed by atoms with van der Waals surface area (Å²) in [5.74, 6) is 1.91. The Balaban J connectivity index is 1.18. The van der Waals surface area contributed by atoms with Crippen LogP contribution in [0, 0.1) is 17.3 Å². The van der Waals surface area contributed by atoms with E-state index in [9.17, 15) is 9.59 Å². The minimum Gasteiger partial charge on any atom is -0.353 e. The summed E-state index contributed by atoms with van der Waals surface area (Å²) in [6, 6.07) is 10.3. The fraction of sp³-hybridized carbons (Fsp3) is 0.692. The van der Waals surface area contributed by atoms with Gasteiger partial charge >= 0.3 is 0 Å². The number of hydrogen-bond donors (Lipinski definition) is 1. The van der Waals surface area contributed by atoms with Crippen LogP contribution in [-0.2, 0) is 9.59 Å². The zero-order valence-electron chi connectivity index (χ0n) is 18.6. The van der Waals surface area contributed by atoms with Crippen molar-refractivity contribution in [1.82, 2.24) is 10.2 Å². The molecule has 1 saturated heterocycles. The quantitative estimate of drug-likeness (QED) is 0.593. The number of likely N-dealkylation sites (tertiary alicyclic amines) is 1. The summed E-state index contributed by atoms with van der Waals surface area (Å²) < 4.78 is 0.205. The maximum Gasteiger partial charge on any atom is 0.230 e. The van der Waals surface area contributed by atoms with Gasteiger partial charge in [0.15, 0.2) is 0 Å². The van der Waals surface area contributed by atoms with E-state index in [2.05, 4.69) is 40.3 Å². The first-order chi connectivity index (χ1) is 14.9. The summed E-state index contributed by atoms with van der Waals surface area (Å²) >= 11 is 4.03. The number of halogens is 1. The molecule has 1 aromatic carbocycles. The molecule has 0 spiro atoms. The zero-order chi connectivity index (χ0) is 21.6. The van der Waals surface area contributed by atoms with Gasteiger partial charge in [0.25, 0.3) is 0 Å². The molecule has 1 heterocycles. The third-order valence-corrected chi connectivity index (χ3v) is 9.45. The van der Waals surface area contributed by atoms with Crippen molar-refractivity contribution in [3.05, 3.63) is 35.9 Å². The van der Waals surface area contributed by atoms with Gasteiger partial charge < -0.3 is 10.2 Å². The second-order valence-electron chi connectivity index (χ2n) is 10.8. The fourth-order valence-corrected chi connectivity index (χ4v) is 8.91. The van der Waals surface area contributed by atoms with E-state index >= 15 is 0 Å². The highest BCUT2D eigenvalue weighted by molar-refractivity contribution is 9.10. The normalized spacial score (nSPS) is 35.7. The minimum absolute atomic E-state index is 0.0607. The lowest BCUT2D eigenvalue weighted by atomic mass is 9.49. The number of hydrogen-bond acceptors (Lipinski definition) is 2. The van der Waals surface area contributed by atoms with Gasteiger partial charge in [-0.3, -0.25) is 9.59 Å². The van der Waals surface area contributed by atoms with E-state index in [0.29, 0.717) is 5.91 Å². The first-order valence-electron chi connectivity index (χ1n) is 12.2. The highest BCUT2D eigenvalue weighted by Crippen LogP contribution is 2.64. The van der Waals surface area contributed by atoms with Gasteiger partial charge in [-0.2, -0.15) is 0 Å². The van der Waals surface area contributed by atoms with E-state index in [1.807, 2.05) is 23.1 Å². The molecule has 3 atom stereocenters. The Labute approximate surface area is 194 Å². The maximum absolute atomic E-state index is 13.4. The highest BCUT2D eigenvalue weighted by Gasteiger charge is 2.59. The monoisotopic (exact) mass is 486 g/mol. The molecule has 2 amide bonds. The predicted octanol–water partition coefficient (Wildman–Crippen LogP) is 5.02. The number of carbonyl (C=O) groups is 2. The van der Waals surface area contributed by atoms with Crippen LogP contribution in [0.1, 0.15) is 76.2 Å². The molecule has 4 saturated carbocycles. The average molecular weight is 487 g/mol. The summed E-state index contributed by atoms with van der Waals surface area (Å²) in [5.41, 5.74) is 0.956. The molecule has 3 unspecified atom stereocenters. The molecule has 31 heavy (non-hydrogen) atoms. The second-order valence-corrected chi connectivity index (χ2v) is 12.5. The Morgan fingerprint density at radius 2 is 1.74 bits per heavy atom. The van der Waals surface area contributed by atoms with E-state index in [0.717, 1.165) is 69.0 Å². The van der Waals surface area contributed by atoms with Gasteiger partial charge in [-0.15, -0.1) is 0 Å². The molecule has 5 fully saturated rings. The molecule has 4 nitrogen and oxygen atoms in total. The fourth-order valence-electron chi connectivity index (χ4n) is 7.46. The number of amides is 2. The summed E-state index contributed by atoms with van der Waals surface area (Å²) in [4.78, 5) is 28.6. The molecule has 4 aliphatic carbocycles. The van der Waals surface area contributed by atoms with E-state index in [4.69, 9.17) is 0 Å². The lowest BCUT2D eigenvalue weighted by Gasteiger charge is -2.59. The van der Waals surface area contributed by atoms with Crippen molar-refractivity contribution >= 4 is 27.7 Å². The minimum atomic E-state index is -0.152. The molecule has 1 aromatic rings. The first kappa shape index (κ1) is 21.5. The Kier molecular flexibility index (Phi) is 5.69. The van der Waals surface area contributed by atoms with E-state index in [1.54, 1.807) is 0 Å². The zero-order valence-corrected chi connectivity index (χ0v) is 20.2. The van der Waals surface area contributed by atoms with Crippen LogP contribution in [0.15, 0.2) is 30.3 Å². The van der Waals surface area contributed by atoms with Crippen molar-refractivity contribution in [2.75, 3.05) is 13.1 Å². The lowest BCUT2D eigenvalue weighted by molar-refractivity contribution is -0.145. The van der Waals surface area contributed by atoms with Crippen LogP contribution in [0.25, 0.3) is 0 Å². The standard InChI is InChI=1S/C26H35BrN2O2/c1-2-22(20-6-4-3-5-7-20)23(30)29-10-8-21(9-11-29)28-24(31)25-13-18-12-19(14-25)16-26(27,15-18)17-25/h3-7,18-19,21-22H,2,8-17H2,1H3,(H,28,31). The van der Waals surface area contributed by atoms with Gasteiger partial charge in [0.1, 0.15) is 0 Å². The molecule has 1 N–H and O–H groups in total. The summed E-state index contributed by atoms with van der Waals surface area (Å²) in [7, 11) is 0. The van der Waals surface area contributed by atoms with Crippen molar-refractivity contribution in [3.63, 3.8) is 0 Å². The van der Waals surface area contributed by atoms with E-state index < -0.39 is 0 Å². The van der Waals surface area contributed by atoms with Crippen molar-refractivity contribution in [2.45, 2.75) is 81.0 Å². The Bertz CT molecular complexity index is 819. The number of carbonyl (C=O) groups excluding carboxylic acids is 2. The lowest BCUT2D eigenvalue weighted by Crippen LogP contribution is -2.60. The van der Waals surface area contributed by atoms with Gasteiger partial charge in [0, 0.05) is 23.5 Å².